The van der Waals surface area contributed by atoms with Gasteiger partial charge in [0.25, 0.3) is 0 Å². The van der Waals surface area contributed by atoms with Crippen molar-refractivity contribution in [2.75, 3.05) is 13.1 Å². The zero-order chi connectivity index (χ0) is 16.2. The highest BCUT2D eigenvalue weighted by atomic mass is 19.2. The average molecular weight is 319 g/mol. The molecule has 5 heteroatoms. The summed E-state index contributed by atoms with van der Waals surface area (Å²) in [5.74, 6) is 1.70. The fourth-order valence-corrected chi connectivity index (χ4v) is 3.69. The number of nitrogens with zero attached hydrogens (tertiary/aromatic N) is 1. The number of hydrogen-bond donors (Lipinski definition) is 0. The van der Waals surface area contributed by atoms with Gasteiger partial charge in [-0.15, -0.1) is 0 Å². The zero-order valence-electron chi connectivity index (χ0n) is 13.5. The van der Waals surface area contributed by atoms with E-state index in [9.17, 15) is 9.18 Å². The third kappa shape index (κ3) is 2.94. The Labute approximate surface area is 135 Å². The third-order valence-corrected chi connectivity index (χ3v) is 5.16. The van der Waals surface area contributed by atoms with Gasteiger partial charge in [0.2, 0.25) is 0 Å². The minimum Gasteiger partial charge on any atom is -0.423 e. The van der Waals surface area contributed by atoms with Crippen LogP contribution in [-0.2, 0) is 0 Å². The number of Topliss-reactive ketones (excluding diaryl/α,β-unsaturated/α-hetero) is 1. The molecule has 1 aromatic rings. The summed E-state index contributed by atoms with van der Waals surface area (Å²) >= 11 is 0. The molecule has 0 aromatic heterocycles. The second kappa shape index (κ2) is 5.20. The molecule has 0 N–H and O–H groups in total. The Bertz CT molecular complexity index is 641. The quantitative estimate of drug-likeness (QED) is 0.797. The van der Waals surface area contributed by atoms with Crippen molar-refractivity contribution < 1.29 is 18.7 Å². The fraction of sp³-hybridized carbons (Fsp3) is 0.611. The summed E-state index contributed by atoms with van der Waals surface area (Å²) in [6, 6.07) is 3.52. The Kier molecular flexibility index (Phi) is 3.38. The van der Waals surface area contributed by atoms with Crippen molar-refractivity contribution in [2.24, 2.45) is 11.8 Å². The fourth-order valence-electron chi connectivity index (χ4n) is 3.69. The van der Waals surface area contributed by atoms with Crippen LogP contribution in [0.25, 0.3) is 0 Å². The molecular weight excluding hydrogens is 297 g/mol. The molecule has 4 rings (SSSR count). The Morgan fingerprint density at radius 2 is 2.04 bits per heavy atom. The first kappa shape index (κ1) is 14.9. The highest BCUT2D eigenvalue weighted by Gasteiger charge is 2.39. The smallest absolute Gasteiger partial charge is 0.404 e. The predicted molar refractivity (Wildman–Crippen MR) is 83.4 cm³/mol. The number of likely N-dealkylation sites (tertiary alicyclic amines) is 1. The molecule has 1 aromatic carbocycles. The standard InChI is InChI=1S/C18H22FNO3/c1-11-9-20(14-4-5-14)10-13(11)7-15(21)12-3-6-16-17(8-12)23-18(2,19)22-16/h3,6,8,11,13-14H,4-5,7,9-10H2,1-2H3/t11-,13+,18?/m1/s1. The van der Waals surface area contributed by atoms with Gasteiger partial charge in [-0.1, -0.05) is 6.92 Å². The van der Waals surface area contributed by atoms with Gasteiger partial charge < -0.3 is 9.47 Å². The van der Waals surface area contributed by atoms with E-state index in [1.54, 1.807) is 18.2 Å². The van der Waals surface area contributed by atoms with Crippen LogP contribution in [0.1, 0.15) is 43.5 Å². The van der Waals surface area contributed by atoms with Gasteiger partial charge in [-0.05, 0) is 42.9 Å². The summed E-state index contributed by atoms with van der Waals surface area (Å²) < 4.78 is 23.8. The lowest BCUT2D eigenvalue weighted by atomic mass is 9.90. The molecule has 0 spiro atoms. The van der Waals surface area contributed by atoms with Gasteiger partial charge in [-0.2, -0.15) is 4.39 Å². The first-order valence-electron chi connectivity index (χ1n) is 8.39. The molecule has 23 heavy (non-hydrogen) atoms. The van der Waals surface area contributed by atoms with Crippen LogP contribution < -0.4 is 9.47 Å². The van der Waals surface area contributed by atoms with Crippen LogP contribution in [-0.4, -0.2) is 35.9 Å². The maximum Gasteiger partial charge on any atom is 0.404 e. The minimum absolute atomic E-state index is 0.0957. The molecule has 2 aliphatic heterocycles. The first-order valence-corrected chi connectivity index (χ1v) is 8.39. The highest BCUT2D eigenvalue weighted by Crippen LogP contribution is 2.41. The number of hydrogen-bond acceptors (Lipinski definition) is 4. The second-order valence-corrected chi connectivity index (χ2v) is 7.25. The van der Waals surface area contributed by atoms with Crippen molar-refractivity contribution in [1.82, 2.24) is 4.90 Å². The van der Waals surface area contributed by atoms with E-state index in [0.29, 0.717) is 35.3 Å². The molecule has 0 radical (unpaired) electrons. The number of halogens is 1. The Hall–Kier alpha value is -1.62. The summed E-state index contributed by atoms with van der Waals surface area (Å²) in [5.41, 5.74) is 0.571. The van der Waals surface area contributed by atoms with Gasteiger partial charge in [0.1, 0.15) is 0 Å². The molecule has 1 unspecified atom stereocenters. The largest absolute Gasteiger partial charge is 0.423 e. The average Bonchev–Trinajstić information content (AvgIpc) is 3.19. The normalized spacial score (nSPS) is 33.2. The van der Waals surface area contributed by atoms with Crippen molar-refractivity contribution in [3.8, 4) is 11.5 Å². The molecule has 4 nitrogen and oxygen atoms in total. The second-order valence-electron chi connectivity index (χ2n) is 7.25. The number of ether oxygens (including phenoxy) is 2. The number of benzene rings is 1. The molecule has 124 valence electrons. The number of ketones is 1. The molecule has 1 aliphatic carbocycles. The van der Waals surface area contributed by atoms with E-state index in [4.69, 9.17) is 9.47 Å². The van der Waals surface area contributed by atoms with Gasteiger partial charge in [0.15, 0.2) is 17.3 Å². The van der Waals surface area contributed by atoms with Gasteiger partial charge in [-0.25, -0.2) is 0 Å². The Balaban J connectivity index is 1.44. The van der Waals surface area contributed by atoms with E-state index in [0.717, 1.165) is 19.1 Å². The van der Waals surface area contributed by atoms with Gasteiger partial charge in [-0.3, -0.25) is 9.69 Å². The van der Waals surface area contributed by atoms with Gasteiger partial charge >= 0.3 is 6.04 Å². The molecule has 2 heterocycles. The molecule has 2 fully saturated rings. The minimum atomic E-state index is -2.14. The van der Waals surface area contributed by atoms with E-state index >= 15 is 0 Å². The van der Waals surface area contributed by atoms with Gasteiger partial charge in [0, 0.05) is 38.0 Å². The van der Waals surface area contributed by atoms with Crippen molar-refractivity contribution in [3.05, 3.63) is 23.8 Å². The lowest BCUT2D eigenvalue weighted by Gasteiger charge is -2.14. The SMILES string of the molecule is C[C@@H]1CN(C2CC2)C[C@@H]1CC(=O)c1ccc2c(c1)OC(C)(F)O2. The number of rotatable bonds is 4. The van der Waals surface area contributed by atoms with Crippen molar-refractivity contribution in [3.63, 3.8) is 0 Å². The third-order valence-electron chi connectivity index (χ3n) is 5.16. The topological polar surface area (TPSA) is 38.8 Å². The van der Waals surface area contributed by atoms with Crippen molar-refractivity contribution in [2.45, 2.75) is 45.2 Å². The van der Waals surface area contributed by atoms with Crippen LogP contribution >= 0.6 is 0 Å². The number of carbonyl (C=O) groups is 1. The predicted octanol–water partition coefficient (Wildman–Crippen LogP) is 3.40. The molecule has 3 atom stereocenters. The summed E-state index contributed by atoms with van der Waals surface area (Å²) in [6.07, 6.45) is 3.14. The number of alkyl halides is 1. The molecule has 1 saturated carbocycles. The van der Waals surface area contributed by atoms with Crippen LogP contribution in [0.3, 0.4) is 0 Å². The summed E-state index contributed by atoms with van der Waals surface area (Å²) in [4.78, 5) is 15.1. The number of carbonyl (C=O) groups excluding carboxylic acids is 1. The molecular formula is C18H22FNO3. The van der Waals surface area contributed by atoms with Crippen LogP contribution in [0.2, 0.25) is 0 Å². The van der Waals surface area contributed by atoms with Crippen molar-refractivity contribution >= 4 is 5.78 Å². The van der Waals surface area contributed by atoms with Crippen LogP contribution in [0.5, 0.6) is 11.5 Å². The summed E-state index contributed by atoms with van der Waals surface area (Å²) in [7, 11) is 0. The lowest BCUT2D eigenvalue weighted by molar-refractivity contribution is -0.173. The van der Waals surface area contributed by atoms with Gasteiger partial charge in [0.05, 0.1) is 0 Å². The van der Waals surface area contributed by atoms with Crippen LogP contribution in [0.15, 0.2) is 18.2 Å². The van der Waals surface area contributed by atoms with E-state index in [-0.39, 0.29) is 5.78 Å². The molecule has 3 aliphatic rings. The summed E-state index contributed by atoms with van der Waals surface area (Å²) in [5, 5.41) is 0. The monoisotopic (exact) mass is 319 g/mol. The highest BCUT2D eigenvalue weighted by molar-refractivity contribution is 5.97. The summed E-state index contributed by atoms with van der Waals surface area (Å²) in [6.45, 7) is 5.56. The Morgan fingerprint density at radius 1 is 1.30 bits per heavy atom. The van der Waals surface area contributed by atoms with Crippen molar-refractivity contribution in [1.29, 1.82) is 0 Å². The van der Waals surface area contributed by atoms with E-state index in [1.807, 2.05) is 0 Å². The molecule has 0 amide bonds. The van der Waals surface area contributed by atoms with E-state index < -0.39 is 6.04 Å². The maximum absolute atomic E-state index is 13.7. The Morgan fingerprint density at radius 3 is 2.78 bits per heavy atom. The lowest BCUT2D eigenvalue weighted by Crippen LogP contribution is -2.27. The van der Waals surface area contributed by atoms with Crippen LogP contribution in [0.4, 0.5) is 4.39 Å². The maximum atomic E-state index is 13.7. The molecule has 0 bridgehead atoms. The van der Waals surface area contributed by atoms with Crippen LogP contribution in [0, 0.1) is 11.8 Å². The van der Waals surface area contributed by atoms with E-state index in [2.05, 4.69) is 11.8 Å². The zero-order valence-corrected chi connectivity index (χ0v) is 13.5. The van der Waals surface area contributed by atoms with E-state index in [1.165, 1.54) is 19.8 Å². The molecule has 1 saturated heterocycles. The number of fused-ring (bicyclic) bond motifs is 1. The first-order chi connectivity index (χ1) is 10.9.